The lowest BCUT2D eigenvalue weighted by molar-refractivity contribution is -0.384. The minimum absolute atomic E-state index is 0.0227. The summed E-state index contributed by atoms with van der Waals surface area (Å²) in [5.74, 6) is 2.33. The van der Waals surface area contributed by atoms with E-state index >= 15 is 0 Å². The van der Waals surface area contributed by atoms with E-state index in [4.69, 9.17) is 18.0 Å². The van der Waals surface area contributed by atoms with Crippen LogP contribution in [-0.4, -0.2) is 28.8 Å². The van der Waals surface area contributed by atoms with Gasteiger partial charge in [-0.15, -0.1) is 6.42 Å². The molecule has 0 aromatic heterocycles. The highest BCUT2D eigenvalue weighted by atomic mass is 35.5. The van der Waals surface area contributed by atoms with Crippen LogP contribution in [0.15, 0.2) is 42.5 Å². The fraction of sp³-hybridized carbons (Fsp3) is 0.250. The van der Waals surface area contributed by atoms with E-state index in [0.29, 0.717) is 12.2 Å². The van der Waals surface area contributed by atoms with Crippen LogP contribution in [0.2, 0.25) is 5.02 Å². The van der Waals surface area contributed by atoms with Gasteiger partial charge in [0.05, 0.1) is 18.0 Å². The molecule has 1 unspecified atom stereocenters. The fourth-order valence-corrected chi connectivity index (χ4v) is 3.61. The predicted molar refractivity (Wildman–Crippen MR) is 105 cm³/mol. The van der Waals surface area contributed by atoms with E-state index in [-0.39, 0.29) is 29.2 Å². The summed E-state index contributed by atoms with van der Waals surface area (Å²) in [5, 5.41) is 13.7. The lowest BCUT2D eigenvalue weighted by Gasteiger charge is -2.27. The molecular formula is C20H18ClN3O3. The third-order valence-corrected chi connectivity index (χ3v) is 4.93. The molecule has 1 aliphatic carbocycles. The Balaban J connectivity index is 1.73. The second-order valence-corrected chi connectivity index (χ2v) is 6.74. The fourth-order valence-electron chi connectivity index (χ4n) is 3.42. The second-order valence-electron chi connectivity index (χ2n) is 6.33. The molecule has 3 rings (SSSR count). The number of halogens is 1. The van der Waals surface area contributed by atoms with Crippen molar-refractivity contribution in [3.8, 4) is 12.3 Å². The van der Waals surface area contributed by atoms with Crippen molar-refractivity contribution in [1.82, 2.24) is 4.90 Å². The van der Waals surface area contributed by atoms with Crippen molar-refractivity contribution >= 4 is 28.9 Å². The first-order valence-corrected chi connectivity index (χ1v) is 8.86. The molecule has 2 aromatic carbocycles. The normalized spacial score (nSPS) is 15.2. The number of benzene rings is 2. The SMILES string of the molecule is C#CCN(CC(=O)Nc1ccc(Cl)c([N+](=O)[O-])c1)C1CCc2ccccc21. The number of rotatable bonds is 6. The molecule has 0 heterocycles. The van der Waals surface area contributed by atoms with Gasteiger partial charge < -0.3 is 5.32 Å². The van der Waals surface area contributed by atoms with Crippen molar-refractivity contribution in [2.45, 2.75) is 18.9 Å². The predicted octanol–water partition coefficient (Wildman–Crippen LogP) is 3.81. The van der Waals surface area contributed by atoms with E-state index in [0.717, 1.165) is 12.8 Å². The molecule has 6 nitrogen and oxygen atoms in total. The Morgan fingerprint density at radius 1 is 1.37 bits per heavy atom. The van der Waals surface area contributed by atoms with E-state index in [2.05, 4.69) is 23.4 Å². The Hall–Kier alpha value is -2.88. The molecule has 0 saturated heterocycles. The van der Waals surface area contributed by atoms with Crippen LogP contribution >= 0.6 is 11.6 Å². The molecule has 7 heteroatoms. The van der Waals surface area contributed by atoms with E-state index in [9.17, 15) is 14.9 Å². The summed E-state index contributed by atoms with van der Waals surface area (Å²) in [6.45, 7) is 0.437. The van der Waals surface area contributed by atoms with Crippen molar-refractivity contribution in [2.24, 2.45) is 0 Å². The molecular weight excluding hydrogens is 366 g/mol. The maximum atomic E-state index is 12.5. The number of carbonyl (C=O) groups is 1. The summed E-state index contributed by atoms with van der Waals surface area (Å²) in [4.78, 5) is 24.9. The van der Waals surface area contributed by atoms with E-state index in [1.165, 1.54) is 29.3 Å². The van der Waals surface area contributed by atoms with Gasteiger partial charge in [0.1, 0.15) is 5.02 Å². The highest BCUT2D eigenvalue weighted by Gasteiger charge is 2.28. The van der Waals surface area contributed by atoms with Crippen LogP contribution < -0.4 is 5.32 Å². The minimum atomic E-state index is -0.585. The summed E-state index contributed by atoms with van der Waals surface area (Å²) in [5.41, 5.74) is 2.55. The maximum absolute atomic E-state index is 12.5. The summed E-state index contributed by atoms with van der Waals surface area (Å²) in [6, 6.07) is 12.4. The zero-order valence-corrected chi connectivity index (χ0v) is 15.3. The maximum Gasteiger partial charge on any atom is 0.289 e. The summed E-state index contributed by atoms with van der Waals surface area (Å²) >= 11 is 5.80. The molecule has 1 amide bonds. The van der Waals surface area contributed by atoms with Crippen molar-refractivity contribution in [3.05, 3.63) is 68.7 Å². The molecule has 138 valence electrons. The third kappa shape index (κ3) is 4.27. The van der Waals surface area contributed by atoms with Crippen LogP contribution in [0, 0.1) is 22.5 Å². The Bertz CT molecular complexity index is 923. The van der Waals surface area contributed by atoms with Gasteiger partial charge in [-0.3, -0.25) is 19.8 Å². The van der Waals surface area contributed by atoms with E-state index in [1.807, 2.05) is 17.0 Å². The number of carbonyl (C=O) groups excluding carboxylic acids is 1. The molecule has 0 radical (unpaired) electrons. The van der Waals surface area contributed by atoms with Crippen molar-refractivity contribution in [3.63, 3.8) is 0 Å². The lowest BCUT2D eigenvalue weighted by atomic mass is 10.1. The van der Waals surface area contributed by atoms with Crippen LogP contribution in [0.5, 0.6) is 0 Å². The summed E-state index contributed by atoms with van der Waals surface area (Å²) < 4.78 is 0. The van der Waals surface area contributed by atoms with Gasteiger partial charge in [0.15, 0.2) is 0 Å². The lowest BCUT2D eigenvalue weighted by Crippen LogP contribution is -2.36. The molecule has 27 heavy (non-hydrogen) atoms. The number of nitrogens with one attached hydrogen (secondary N) is 1. The number of anilines is 1. The molecule has 1 aliphatic rings. The van der Waals surface area contributed by atoms with Gasteiger partial charge in [-0.05, 0) is 36.1 Å². The van der Waals surface area contributed by atoms with Crippen LogP contribution in [0.1, 0.15) is 23.6 Å². The monoisotopic (exact) mass is 383 g/mol. The minimum Gasteiger partial charge on any atom is -0.325 e. The number of nitrogens with zero attached hydrogens (tertiary/aromatic N) is 2. The number of nitro groups is 1. The first-order valence-electron chi connectivity index (χ1n) is 8.48. The Kier molecular flexibility index (Phi) is 5.75. The Morgan fingerprint density at radius 3 is 2.89 bits per heavy atom. The standard InChI is InChI=1S/C20H18ClN3O3/c1-2-11-23(18-10-7-14-5-3-4-6-16(14)18)13-20(25)22-15-8-9-17(21)19(12-15)24(26)27/h1,3-6,8-9,12,18H,7,10-11,13H2,(H,22,25). The number of hydrogen-bond donors (Lipinski definition) is 1. The van der Waals surface area contributed by atoms with E-state index < -0.39 is 4.92 Å². The molecule has 0 fully saturated rings. The van der Waals surface area contributed by atoms with Crippen LogP contribution in [0.3, 0.4) is 0 Å². The highest BCUT2D eigenvalue weighted by molar-refractivity contribution is 6.32. The molecule has 0 saturated carbocycles. The zero-order valence-electron chi connectivity index (χ0n) is 14.5. The van der Waals surface area contributed by atoms with Crippen LogP contribution in [0.4, 0.5) is 11.4 Å². The molecule has 1 atom stereocenters. The molecule has 0 aliphatic heterocycles. The molecule has 0 spiro atoms. The number of nitro benzene ring substituents is 1. The van der Waals surface area contributed by atoms with Gasteiger partial charge in [-0.2, -0.15) is 0 Å². The number of amides is 1. The Labute approximate surface area is 162 Å². The van der Waals surface area contributed by atoms with E-state index in [1.54, 1.807) is 0 Å². The number of fused-ring (bicyclic) bond motifs is 1. The zero-order chi connectivity index (χ0) is 19.4. The topological polar surface area (TPSA) is 75.5 Å². The van der Waals surface area contributed by atoms with Gasteiger partial charge in [0, 0.05) is 17.8 Å². The van der Waals surface area contributed by atoms with Gasteiger partial charge >= 0.3 is 0 Å². The van der Waals surface area contributed by atoms with Crippen molar-refractivity contribution in [2.75, 3.05) is 18.4 Å². The quantitative estimate of drug-likeness (QED) is 0.467. The Morgan fingerprint density at radius 2 is 2.15 bits per heavy atom. The first-order chi connectivity index (χ1) is 13.0. The second kappa shape index (κ2) is 8.21. The largest absolute Gasteiger partial charge is 0.325 e. The highest BCUT2D eigenvalue weighted by Crippen LogP contribution is 2.35. The molecule has 1 N–H and O–H groups in total. The van der Waals surface area contributed by atoms with Crippen molar-refractivity contribution in [1.29, 1.82) is 0 Å². The van der Waals surface area contributed by atoms with Gasteiger partial charge in [-0.25, -0.2) is 0 Å². The molecule has 0 bridgehead atoms. The van der Waals surface area contributed by atoms with Gasteiger partial charge in [-0.1, -0.05) is 41.8 Å². The smallest absolute Gasteiger partial charge is 0.289 e. The van der Waals surface area contributed by atoms with Crippen molar-refractivity contribution < 1.29 is 9.72 Å². The molecule has 2 aromatic rings. The third-order valence-electron chi connectivity index (χ3n) is 4.61. The number of terminal acetylenes is 1. The average Bonchev–Trinajstić information content (AvgIpc) is 3.07. The van der Waals surface area contributed by atoms with Crippen LogP contribution in [-0.2, 0) is 11.2 Å². The first kappa shape index (κ1) is 18.9. The number of aryl methyl sites for hydroxylation is 1. The van der Waals surface area contributed by atoms with Gasteiger partial charge in [0.2, 0.25) is 5.91 Å². The summed E-state index contributed by atoms with van der Waals surface area (Å²) in [6.07, 6.45) is 7.36. The number of hydrogen-bond acceptors (Lipinski definition) is 4. The summed E-state index contributed by atoms with van der Waals surface area (Å²) in [7, 11) is 0. The van der Waals surface area contributed by atoms with Crippen LogP contribution in [0.25, 0.3) is 0 Å². The van der Waals surface area contributed by atoms with Gasteiger partial charge in [0.25, 0.3) is 5.69 Å². The average molecular weight is 384 g/mol.